The summed E-state index contributed by atoms with van der Waals surface area (Å²) in [7, 11) is 0. The van der Waals surface area contributed by atoms with Crippen LogP contribution in [0.1, 0.15) is 5.56 Å². The van der Waals surface area contributed by atoms with E-state index >= 15 is 0 Å². The van der Waals surface area contributed by atoms with Gasteiger partial charge in [-0.1, -0.05) is 18.2 Å². The van der Waals surface area contributed by atoms with Gasteiger partial charge in [0.05, 0.1) is 28.8 Å². The molecule has 17 heavy (non-hydrogen) atoms. The van der Waals surface area contributed by atoms with Crippen LogP contribution in [0.3, 0.4) is 0 Å². The Morgan fingerprint density at radius 3 is 3.06 bits per heavy atom. The largest absolute Gasteiger partial charge is 0.266 e. The molecule has 1 aromatic carbocycles. The summed E-state index contributed by atoms with van der Waals surface area (Å²) in [6, 6.07) is 8.23. The van der Waals surface area contributed by atoms with Gasteiger partial charge >= 0.3 is 0 Å². The smallest absolute Gasteiger partial charge is 0.0902 e. The van der Waals surface area contributed by atoms with Crippen molar-refractivity contribution in [2.24, 2.45) is 9.98 Å². The van der Waals surface area contributed by atoms with Gasteiger partial charge in [-0.3, -0.25) is 9.98 Å². The van der Waals surface area contributed by atoms with Gasteiger partial charge in [0.15, 0.2) is 0 Å². The molecular formula is C14H9N3. The standard InChI is InChI=1S/C14H9N3/c1-2-4-11-9(3-1)14-10-5-6-15-7-12(10)16-8-13(14)17-11/h1-4,6-8H,5H2. The minimum Gasteiger partial charge on any atom is -0.266 e. The van der Waals surface area contributed by atoms with Crippen molar-refractivity contribution in [2.45, 2.75) is 6.42 Å². The van der Waals surface area contributed by atoms with Gasteiger partial charge in [0.1, 0.15) is 0 Å². The van der Waals surface area contributed by atoms with Crippen molar-refractivity contribution < 1.29 is 0 Å². The average Bonchev–Trinajstić information content (AvgIpc) is 2.77. The first-order valence-corrected chi connectivity index (χ1v) is 5.61. The Morgan fingerprint density at radius 1 is 1.12 bits per heavy atom. The van der Waals surface area contributed by atoms with Crippen LogP contribution in [0.2, 0.25) is 0 Å². The molecule has 2 aromatic rings. The first kappa shape index (κ1) is 8.82. The molecular weight excluding hydrogens is 210 g/mol. The lowest BCUT2D eigenvalue weighted by atomic mass is 9.98. The summed E-state index contributed by atoms with van der Waals surface area (Å²) in [4.78, 5) is 13.2. The number of para-hydroxylation sites is 1. The highest BCUT2D eigenvalue weighted by molar-refractivity contribution is 5.83. The van der Waals surface area contributed by atoms with Gasteiger partial charge in [0.25, 0.3) is 0 Å². The average molecular weight is 219 g/mol. The Bertz CT molecular complexity index is 773. The Morgan fingerprint density at radius 2 is 2.06 bits per heavy atom. The topological polar surface area (TPSA) is 37.6 Å². The number of hydrogen-bond donors (Lipinski definition) is 0. The van der Waals surface area contributed by atoms with E-state index in [0.29, 0.717) is 0 Å². The lowest BCUT2D eigenvalue weighted by Gasteiger charge is -2.07. The Labute approximate surface area is 97.9 Å². The molecule has 0 unspecified atom stereocenters. The molecule has 1 aromatic heterocycles. The molecule has 0 atom stereocenters. The second-order valence-corrected chi connectivity index (χ2v) is 4.18. The summed E-state index contributed by atoms with van der Waals surface area (Å²) in [6.07, 6.45) is 6.42. The third-order valence-corrected chi connectivity index (χ3v) is 3.20. The molecule has 0 radical (unpaired) electrons. The molecule has 0 fully saturated rings. The van der Waals surface area contributed by atoms with Crippen LogP contribution in [0.4, 0.5) is 5.69 Å². The Kier molecular flexibility index (Phi) is 1.61. The fourth-order valence-corrected chi connectivity index (χ4v) is 2.44. The monoisotopic (exact) mass is 219 g/mol. The van der Waals surface area contributed by atoms with Crippen LogP contribution >= 0.6 is 0 Å². The third-order valence-electron chi connectivity index (χ3n) is 3.20. The molecule has 3 nitrogen and oxygen atoms in total. The van der Waals surface area contributed by atoms with Gasteiger partial charge in [-0.15, -0.1) is 0 Å². The van der Waals surface area contributed by atoms with Crippen molar-refractivity contribution in [1.82, 2.24) is 4.98 Å². The number of pyridine rings is 1. The molecule has 0 spiro atoms. The van der Waals surface area contributed by atoms with Gasteiger partial charge < -0.3 is 0 Å². The first-order chi connectivity index (χ1) is 8.43. The van der Waals surface area contributed by atoms with Crippen LogP contribution in [-0.4, -0.2) is 11.2 Å². The molecule has 0 saturated heterocycles. The van der Waals surface area contributed by atoms with Crippen molar-refractivity contribution >= 4 is 18.1 Å². The molecule has 3 heteroatoms. The summed E-state index contributed by atoms with van der Waals surface area (Å²) in [5.74, 6) is 0. The van der Waals surface area contributed by atoms with E-state index in [1.807, 2.05) is 30.7 Å². The highest BCUT2D eigenvalue weighted by Gasteiger charge is 2.18. The number of nitrogens with zero attached hydrogens (tertiary/aromatic N) is 3. The van der Waals surface area contributed by atoms with Gasteiger partial charge in [-0.2, -0.15) is 0 Å². The summed E-state index contributed by atoms with van der Waals surface area (Å²) in [5.41, 5.74) is 4.73. The molecule has 3 heterocycles. The zero-order valence-electron chi connectivity index (χ0n) is 9.09. The summed E-state index contributed by atoms with van der Waals surface area (Å²) < 4.78 is 0. The van der Waals surface area contributed by atoms with Crippen LogP contribution in [0, 0.1) is 0 Å². The number of hydrogen-bond acceptors (Lipinski definition) is 3. The highest BCUT2D eigenvalue weighted by Crippen LogP contribution is 2.33. The molecule has 0 saturated carbocycles. The van der Waals surface area contributed by atoms with Crippen molar-refractivity contribution in [1.29, 1.82) is 0 Å². The molecule has 0 N–H and O–H groups in total. The van der Waals surface area contributed by atoms with E-state index < -0.39 is 0 Å². The number of fused-ring (bicyclic) bond motifs is 5. The van der Waals surface area contributed by atoms with E-state index in [2.05, 4.69) is 27.1 Å². The molecule has 0 bridgehead atoms. The third kappa shape index (κ3) is 1.13. The van der Waals surface area contributed by atoms with E-state index in [1.165, 1.54) is 16.7 Å². The van der Waals surface area contributed by atoms with E-state index in [4.69, 9.17) is 0 Å². The van der Waals surface area contributed by atoms with Crippen LogP contribution in [0.25, 0.3) is 17.3 Å². The maximum Gasteiger partial charge on any atom is 0.0902 e. The fraction of sp³-hybridized carbons (Fsp3) is 0.0714. The van der Waals surface area contributed by atoms with E-state index in [1.54, 1.807) is 0 Å². The SMILES string of the molecule is C1=NC=c2ncc3c(c2C1)-c1ccccc1N=3. The predicted octanol–water partition coefficient (Wildman–Crippen LogP) is 1.38. The maximum atomic E-state index is 4.60. The molecule has 2 aliphatic heterocycles. The highest BCUT2D eigenvalue weighted by atomic mass is 14.8. The van der Waals surface area contributed by atoms with E-state index in [9.17, 15) is 0 Å². The van der Waals surface area contributed by atoms with Gasteiger partial charge in [0.2, 0.25) is 0 Å². The Balaban J connectivity index is 2.16. The van der Waals surface area contributed by atoms with Gasteiger partial charge in [-0.25, -0.2) is 4.99 Å². The number of aromatic nitrogens is 1. The predicted molar refractivity (Wildman–Crippen MR) is 66.8 cm³/mol. The summed E-state index contributed by atoms with van der Waals surface area (Å²) in [6.45, 7) is 0. The van der Waals surface area contributed by atoms with E-state index in [0.717, 1.165) is 22.8 Å². The molecule has 80 valence electrons. The number of aliphatic imine (C=N–C) groups is 1. The van der Waals surface area contributed by atoms with Crippen LogP contribution < -0.4 is 10.7 Å². The van der Waals surface area contributed by atoms with Crippen molar-refractivity contribution in [2.75, 3.05) is 0 Å². The van der Waals surface area contributed by atoms with Gasteiger partial charge in [-0.05, 0) is 11.6 Å². The lowest BCUT2D eigenvalue weighted by Crippen LogP contribution is -2.23. The van der Waals surface area contributed by atoms with Crippen LogP contribution in [0.15, 0.2) is 40.4 Å². The van der Waals surface area contributed by atoms with E-state index in [-0.39, 0.29) is 0 Å². The molecule has 4 rings (SSSR count). The zero-order valence-corrected chi connectivity index (χ0v) is 9.09. The number of rotatable bonds is 0. The summed E-state index contributed by atoms with van der Waals surface area (Å²) in [5, 5.41) is 1.95. The maximum absolute atomic E-state index is 4.60. The van der Waals surface area contributed by atoms with Crippen molar-refractivity contribution in [3.05, 3.63) is 46.7 Å². The Hall–Kier alpha value is -2.29. The van der Waals surface area contributed by atoms with Gasteiger partial charge in [0, 0.05) is 23.8 Å². The van der Waals surface area contributed by atoms with Crippen molar-refractivity contribution in [3.63, 3.8) is 0 Å². The van der Waals surface area contributed by atoms with Crippen LogP contribution in [0.5, 0.6) is 0 Å². The minimum absolute atomic E-state index is 0.839. The second-order valence-electron chi connectivity index (χ2n) is 4.18. The summed E-state index contributed by atoms with van der Waals surface area (Å²) >= 11 is 0. The van der Waals surface area contributed by atoms with Crippen molar-refractivity contribution in [3.8, 4) is 11.1 Å². The molecule has 0 amide bonds. The van der Waals surface area contributed by atoms with Crippen LogP contribution in [-0.2, 0) is 6.42 Å². The zero-order chi connectivity index (χ0) is 11.2. The second kappa shape index (κ2) is 3.10. The quantitative estimate of drug-likeness (QED) is 0.562. The number of benzene rings is 1. The fourth-order valence-electron chi connectivity index (χ4n) is 2.44. The lowest BCUT2D eigenvalue weighted by molar-refractivity contribution is 1.12. The molecule has 2 aliphatic rings. The minimum atomic E-state index is 0.839. The molecule has 0 aliphatic carbocycles. The first-order valence-electron chi connectivity index (χ1n) is 5.61. The normalized spacial score (nSPS) is 14.4.